The van der Waals surface area contributed by atoms with E-state index in [0.29, 0.717) is 25.2 Å². The first-order valence-corrected chi connectivity index (χ1v) is 12.7. The molecule has 8 heteroatoms. The Hall–Kier alpha value is -2.71. The predicted octanol–water partition coefficient (Wildman–Crippen LogP) is 4.02. The summed E-state index contributed by atoms with van der Waals surface area (Å²) in [5.41, 5.74) is 3.41. The molecule has 1 unspecified atom stereocenters. The molecule has 2 aliphatic heterocycles. The van der Waals surface area contributed by atoms with Crippen LogP contribution in [0.2, 0.25) is 0 Å². The van der Waals surface area contributed by atoms with E-state index in [1.807, 2.05) is 24.0 Å². The lowest BCUT2D eigenvalue weighted by molar-refractivity contribution is 0.0730. The molecule has 0 bridgehead atoms. The highest BCUT2D eigenvalue weighted by molar-refractivity contribution is 7.89. The maximum Gasteiger partial charge on any atom is 0.254 e. The van der Waals surface area contributed by atoms with Crippen molar-refractivity contribution in [3.63, 3.8) is 0 Å². The van der Waals surface area contributed by atoms with Crippen molar-refractivity contribution in [3.05, 3.63) is 59.4 Å². The third kappa shape index (κ3) is 3.82. The van der Waals surface area contributed by atoms with Crippen LogP contribution < -0.4 is 0 Å². The molecule has 1 N–H and O–H groups in total. The molecule has 0 radical (unpaired) electrons. The minimum absolute atomic E-state index is 0.141. The Morgan fingerprint density at radius 2 is 1.84 bits per heavy atom. The van der Waals surface area contributed by atoms with Crippen molar-refractivity contribution in [1.29, 1.82) is 0 Å². The monoisotopic (exact) mass is 452 g/mol. The van der Waals surface area contributed by atoms with Gasteiger partial charge in [-0.05, 0) is 68.5 Å². The average Bonchev–Trinajstić information content (AvgIpc) is 3.46. The van der Waals surface area contributed by atoms with Gasteiger partial charge in [-0.25, -0.2) is 13.4 Å². The largest absolute Gasteiger partial charge is 0.340 e. The first kappa shape index (κ1) is 21.2. The first-order valence-electron chi connectivity index (χ1n) is 11.3. The fourth-order valence-corrected chi connectivity index (χ4v) is 6.37. The number of carbonyl (C=O) groups excluding carboxylic acids is 1. The topological polar surface area (TPSA) is 86.4 Å². The summed E-state index contributed by atoms with van der Waals surface area (Å²) in [7, 11) is -3.58. The lowest BCUT2D eigenvalue weighted by Gasteiger charge is -2.26. The number of aryl methyl sites for hydroxylation is 1. The molecule has 0 aliphatic carbocycles. The number of imidazole rings is 1. The third-order valence-electron chi connectivity index (χ3n) is 6.52. The van der Waals surface area contributed by atoms with E-state index in [4.69, 9.17) is 4.98 Å². The van der Waals surface area contributed by atoms with Gasteiger partial charge < -0.3 is 9.88 Å². The Kier molecular flexibility index (Phi) is 5.51. The van der Waals surface area contributed by atoms with Gasteiger partial charge in [0.1, 0.15) is 5.82 Å². The van der Waals surface area contributed by atoms with Crippen LogP contribution in [-0.2, 0) is 10.0 Å². The van der Waals surface area contributed by atoms with Crippen molar-refractivity contribution >= 4 is 27.0 Å². The number of benzene rings is 2. The van der Waals surface area contributed by atoms with Gasteiger partial charge in [-0.3, -0.25) is 4.79 Å². The number of hydrogen-bond donors (Lipinski definition) is 1. The van der Waals surface area contributed by atoms with Gasteiger partial charge in [-0.2, -0.15) is 4.31 Å². The van der Waals surface area contributed by atoms with Gasteiger partial charge in [-0.15, -0.1) is 0 Å². The van der Waals surface area contributed by atoms with Gasteiger partial charge in [-0.1, -0.05) is 18.6 Å². The normalized spacial score (nSPS) is 20.2. The maximum atomic E-state index is 13.4. The number of fused-ring (bicyclic) bond motifs is 1. The van der Waals surface area contributed by atoms with Gasteiger partial charge in [0, 0.05) is 25.2 Å². The molecule has 32 heavy (non-hydrogen) atoms. The summed E-state index contributed by atoms with van der Waals surface area (Å²) in [6.45, 7) is 3.75. The van der Waals surface area contributed by atoms with Crippen molar-refractivity contribution < 1.29 is 13.2 Å². The minimum Gasteiger partial charge on any atom is -0.340 e. The summed E-state index contributed by atoms with van der Waals surface area (Å²) >= 11 is 0. The number of amides is 1. The molecule has 3 heterocycles. The van der Waals surface area contributed by atoms with E-state index in [0.717, 1.165) is 54.5 Å². The van der Waals surface area contributed by atoms with Gasteiger partial charge >= 0.3 is 0 Å². The number of likely N-dealkylation sites (tertiary alicyclic amines) is 1. The SMILES string of the molecule is Cc1ccc2nc(C3CCCN3C(=O)c3cccc(S(=O)(=O)N4CCCCC4)c3)[nH]c2c1. The lowest BCUT2D eigenvalue weighted by Crippen LogP contribution is -2.36. The van der Waals surface area contributed by atoms with Crippen LogP contribution >= 0.6 is 0 Å². The zero-order valence-corrected chi connectivity index (χ0v) is 19.1. The van der Waals surface area contributed by atoms with Crippen molar-refractivity contribution in [1.82, 2.24) is 19.2 Å². The van der Waals surface area contributed by atoms with E-state index < -0.39 is 10.0 Å². The maximum absolute atomic E-state index is 13.4. The van der Waals surface area contributed by atoms with Crippen LogP contribution in [0.5, 0.6) is 0 Å². The fraction of sp³-hybridized carbons (Fsp3) is 0.417. The van der Waals surface area contributed by atoms with E-state index in [2.05, 4.69) is 11.1 Å². The number of piperidine rings is 1. The molecular formula is C24H28N4O3S. The van der Waals surface area contributed by atoms with Gasteiger partial charge in [0.15, 0.2) is 0 Å². The second kappa shape index (κ2) is 8.33. The minimum atomic E-state index is -3.58. The number of rotatable bonds is 4. The summed E-state index contributed by atoms with van der Waals surface area (Å²) in [4.78, 5) is 23.6. The molecule has 5 rings (SSSR count). The van der Waals surface area contributed by atoms with E-state index >= 15 is 0 Å². The molecular weight excluding hydrogens is 424 g/mol. The van der Waals surface area contributed by atoms with E-state index in [1.54, 1.807) is 18.2 Å². The summed E-state index contributed by atoms with van der Waals surface area (Å²) in [6.07, 6.45) is 4.53. The second-order valence-corrected chi connectivity index (χ2v) is 10.7. The Morgan fingerprint density at radius 1 is 1.03 bits per heavy atom. The molecule has 1 aromatic heterocycles. The van der Waals surface area contributed by atoms with Gasteiger partial charge in [0.05, 0.1) is 22.0 Å². The quantitative estimate of drug-likeness (QED) is 0.648. The lowest BCUT2D eigenvalue weighted by atomic mass is 10.1. The molecule has 0 saturated carbocycles. The number of nitrogens with one attached hydrogen (secondary N) is 1. The fourth-order valence-electron chi connectivity index (χ4n) is 4.80. The van der Waals surface area contributed by atoms with Crippen LogP contribution in [0.25, 0.3) is 11.0 Å². The van der Waals surface area contributed by atoms with Gasteiger partial charge in [0.25, 0.3) is 5.91 Å². The first-order chi connectivity index (χ1) is 15.4. The Bertz CT molecular complexity index is 1260. The molecule has 2 aliphatic rings. The van der Waals surface area contributed by atoms with Crippen LogP contribution in [0, 0.1) is 6.92 Å². The van der Waals surface area contributed by atoms with Crippen molar-refractivity contribution in [2.75, 3.05) is 19.6 Å². The smallest absolute Gasteiger partial charge is 0.254 e. The summed E-state index contributed by atoms with van der Waals surface area (Å²) < 4.78 is 27.7. The number of carbonyl (C=O) groups is 1. The highest BCUT2D eigenvalue weighted by atomic mass is 32.2. The molecule has 0 spiro atoms. The number of aromatic nitrogens is 2. The average molecular weight is 453 g/mol. The van der Waals surface area contributed by atoms with E-state index in [-0.39, 0.29) is 16.8 Å². The highest BCUT2D eigenvalue weighted by Gasteiger charge is 2.33. The third-order valence-corrected chi connectivity index (χ3v) is 8.41. The number of nitrogens with zero attached hydrogens (tertiary/aromatic N) is 3. The van der Waals surface area contributed by atoms with Crippen LogP contribution in [0.15, 0.2) is 47.4 Å². The summed E-state index contributed by atoms with van der Waals surface area (Å²) in [5.74, 6) is 0.633. The van der Waals surface area contributed by atoms with Crippen LogP contribution in [0.1, 0.15) is 59.9 Å². The van der Waals surface area contributed by atoms with E-state index in [1.165, 1.54) is 10.4 Å². The van der Waals surface area contributed by atoms with Crippen molar-refractivity contribution in [2.45, 2.75) is 50.0 Å². The summed E-state index contributed by atoms with van der Waals surface area (Å²) in [5, 5.41) is 0. The van der Waals surface area contributed by atoms with Crippen LogP contribution in [0.4, 0.5) is 0 Å². The molecule has 168 valence electrons. The Morgan fingerprint density at radius 3 is 2.66 bits per heavy atom. The Labute approximate surface area is 188 Å². The number of aromatic amines is 1. The molecule has 1 atom stereocenters. The Balaban J connectivity index is 1.42. The zero-order valence-electron chi connectivity index (χ0n) is 18.3. The second-order valence-electron chi connectivity index (χ2n) is 8.79. The number of hydrogen-bond acceptors (Lipinski definition) is 4. The molecule has 2 saturated heterocycles. The van der Waals surface area contributed by atoms with Crippen molar-refractivity contribution in [2.24, 2.45) is 0 Å². The predicted molar refractivity (Wildman–Crippen MR) is 123 cm³/mol. The highest BCUT2D eigenvalue weighted by Crippen LogP contribution is 2.33. The standard InChI is InChI=1S/C24H28N4O3S/c1-17-10-11-20-21(15-17)26-23(25-20)22-9-6-14-28(22)24(29)18-7-5-8-19(16-18)32(30,31)27-12-3-2-4-13-27/h5,7-8,10-11,15-16,22H,2-4,6,9,12-14H2,1H3,(H,25,26). The zero-order chi connectivity index (χ0) is 22.3. The molecule has 7 nitrogen and oxygen atoms in total. The van der Waals surface area contributed by atoms with Crippen LogP contribution in [-0.4, -0.2) is 53.1 Å². The van der Waals surface area contributed by atoms with E-state index in [9.17, 15) is 13.2 Å². The molecule has 2 aromatic carbocycles. The molecule has 3 aromatic rings. The molecule has 1 amide bonds. The van der Waals surface area contributed by atoms with Gasteiger partial charge in [0.2, 0.25) is 10.0 Å². The van der Waals surface area contributed by atoms with Crippen molar-refractivity contribution in [3.8, 4) is 0 Å². The number of sulfonamides is 1. The summed E-state index contributed by atoms with van der Waals surface area (Å²) in [6, 6.07) is 12.4. The number of H-pyrrole nitrogens is 1. The molecule has 2 fully saturated rings. The van der Waals surface area contributed by atoms with Crippen LogP contribution in [0.3, 0.4) is 0 Å².